The van der Waals surface area contributed by atoms with Crippen LogP contribution in [0.25, 0.3) is 0 Å². The van der Waals surface area contributed by atoms with E-state index >= 15 is 0 Å². The third-order valence-electron chi connectivity index (χ3n) is 5.78. The normalized spacial score (nSPS) is 26.6. The molecule has 1 aromatic rings. The van der Waals surface area contributed by atoms with E-state index in [0.717, 1.165) is 32.1 Å². The molecular weight excluding hydrogens is 378 g/mol. The summed E-state index contributed by atoms with van der Waals surface area (Å²) in [6, 6.07) is 10.2. The van der Waals surface area contributed by atoms with Crippen LogP contribution in [0.1, 0.15) is 51.0 Å². The minimum Gasteiger partial charge on any atom is -0.389 e. The van der Waals surface area contributed by atoms with E-state index in [4.69, 9.17) is 9.47 Å². The van der Waals surface area contributed by atoms with E-state index in [-0.39, 0.29) is 30.3 Å². The van der Waals surface area contributed by atoms with Gasteiger partial charge in [-0.25, -0.2) is 0 Å². The third kappa shape index (κ3) is 7.08. The van der Waals surface area contributed by atoms with Gasteiger partial charge in [0.1, 0.15) is 0 Å². The molecule has 0 aliphatic carbocycles. The molecule has 0 radical (unpaired) electrons. The first-order valence-corrected chi connectivity index (χ1v) is 11.3. The predicted molar refractivity (Wildman–Crippen MR) is 118 cm³/mol. The summed E-state index contributed by atoms with van der Waals surface area (Å²) in [6.45, 7) is 2.62. The van der Waals surface area contributed by atoms with Crippen LogP contribution in [0.3, 0.4) is 0 Å². The molecule has 4 rings (SSSR count). The average molecular weight is 414 g/mol. The first kappa shape index (κ1) is 22.7. The van der Waals surface area contributed by atoms with Crippen molar-refractivity contribution in [2.75, 3.05) is 6.54 Å². The van der Waals surface area contributed by atoms with Gasteiger partial charge in [0, 0.05) is 25.3 Å². The molecule has 2 N–H and O–H groups in total. The number of carbonyl (C=O) groups excluding carboxylic acids is 1. The second-order valence-electron chi connectivity index (χ2n) is 8.13. The molecule has 1 aromatic carbocycles. The number of benzene rings is 1. The van der Waals surface area contributed by atoms with Gasteiger partial charge in [-0.3, -0.25) is 4.79 Å². The summed E-state index contributed by atoms with van der Waals surface area (Å²) < 4.78 is 11.8. The van der Waals surface area contributed by atoms with E-state index < -0.39 is 6.10 Å². The van der Waals surface area contributed by atoms with Gasteiger partial charge in [0.25, 0.3) is 0 Å². The Morgan fingerprint density at radius 3 is 2.83 bits per heavy atom. The molecule has 5 heteroatoms. The largest absolute Gasteiger partial charge is 0.389 e. The monoisotopic (exact) mass is 413 g/mol. The zero-order chi connectivity index (χ0) is 21.2. The van der Waals surface area contributed by atoms with E-state index in [1.807, 2.05) is 37.3 Å². The van der Waals surface area contributed by atoms with Crippen molar-refractivity contribution in [3.63, 3.8) is 0 Å². The summed E-state index contributed by atoms with van der Waals surface area (Å²) in [4.78, 5) is 11.5. The van der Waals surface area contributed by atoms with Gasteiger partial charge in [0.2, 0.25) is 5.91 Å². The molecule has 30 heavy (non-hydrogen) atoms. The van der Waals surface area contributed by atoms with Crippen LogP contribution in [0.15, 0.2) is 54.6 Å². The van der Waals surface area contributed by atoms with Gasteiger partial charge in [-0.2, -0.15) is 0 Å². The van der Waals surface area contributed by atoms with E-state index in [9.17, 15) is 9.90 Å². The van der Waals surface area contributed by atoms with E-state index in [1.165, 1.54) is 5.56 Å². The molecule has 164 valence electrons. The van der Waals surface area contributed by atoms with Crippen molar-refractivity contribution in [1.29, 1.82) is 0 Å². The average Bonchev–Trinajstić information content (AvgIpc) is 2.73. The number of allylic oxidation sites excluding steroid dienone is 2. The highest BCUT2D eigenvalue weighted by Gasteiger charge is 2.46. The van der Waals surface area contributed by atoms with Gasteiger partial charge in [-0.15, -0.1) is 0 Å². The Kier molecular flexibility index (Phi) is 9.12. The minimum atomic E-state index is -0.474. The molecule has 3 saturated heterocycles. The number of unbranched alkanes of at least 4 members (excludes halogenated alkanes) is 1. The second kappa shape index (κ2) is 12.0. The Morgan fingerprint density at radius 1 is 1.27 bits per heavy atom. The number of rotatable bonds is 12. The lowest BCUT2D eigenvalue weighted by Gasteiger charge is -2.49. The molecule has 2 bridgehead atoms. The molecular formula is C25H35NO4. The van der Waals surface area contributed by atoms with Crippen LogP contribution in [0, 0.1) is 5.92 Å². The standard InChI is InChI=1S/C25H35NO4/c1-2-26-24(28)13-9-4-3-8-12-21-22(29-25-18-23(21)30-25)17-16-20(27)15-14-19-10-6-5-7-11-19/h3,5-8,10-11,16-17,20-23,25,27H,2,4,9,12-15,18H2,1H3,(H,26,28)/b8-3-,17-16+/t20-,21+,22+,23-,25+/m0/s1. The molecule has 3 heterocycles. The molecule has 0 unspecified atom stereocenters. The molecule has 0 saturated carbocycles. The van der Waals surface area contributed by atoms with Gasteiger partial charge in [0.05, 0.1) is 18.3 Å². The summed E-state index contributed by atoms with van der Waals surface area (Å²) in [5, 5.41) is 13.2. The van der Waals surface area contributed by atoms with Crippen LogP contribution in [0.4, 0.5) is 0 Å². The smallest absolute Gasteiger partial charge is 0.219 e. The van der Waals surface area contributed by atoms with Crippen molar-refractivity contribution in [2.45, 2.75) is 76.5 Å². The summed E-state index contributed by atoms with van der Waals surface area (Å²) in [5.74, 6) is 0.392. The van der Waals surface area contributed by atoms with E-state index in [2.05, 4.69) is 29.6 Å². The fourth-order valence-corrected chi connectivity index (χ4v) is 4.03. The molecule has 3 aliphatic heterocycles. The quantitative estimate of drug-likeness (QED) is 0.403. The SMILES string of the molecule is CCNC(=O)CCC/C=C\C[C@H]1[C@@H]2C[C@@H](O2)O[C@@H]1/C=C/[C@@H](O)CCc1ccccc1. The number of carbonyl (C=O) groups is 1. The van der Waals surface area contributed by atoms with Gasteiger partial charge >= 0.3 is 0 Å². The molecule has 0 aromatic heterocycles. The fourth-order valence-electron chi connectivity index (χ4n) is 4.03. The maximum absolute atomic E-state index is 11.5. The maximum atomic E-state index is 11.5. The van der Waals surface area contributed by atoms with Crippen molar-refractivity contribution in [1.82, 2.24) is 5.32 Å². The molecule has 0 spiro atoms. The topological polar surface area (TPSA) is 67.8 Å². The number of aliphatic hydroxyl groups is 1. The van der Waals surface area contributed by atoms with Crippen LogP contribution in [-0.2, 0) is 20.7 Å². The summed E-state index contributed by atoms with van der Waals surface area (Å²) >= 11 is 0. The van der Waals surface area contributed by atoms with Crippen LogP contribution in [0.2, 0.25) is 0 Å². The number of ether oxygens (including phenoxy) is 2. The van der Waals surface area contributed by atoms with Crippen molar-refractivity contribution in [3.8, 4) is 0 Å². The number of nitrogens with one attached hydrogen (secondary N) is 1. The predicted octanol–water partition coefficient (Wildman–Crippen LogP) is 3.92. The van der Waals surface area contributed by atoms with Gasteiger partial charge in [-0.05, 0) is 44.6 Å². The van der Waals surface area contributed by atoms with Gasteiger partial charge in [-0.1, -0.05) is 54.6 Å². The minimum absolute atomic E-state index is 0.0196. The highest BCUT2D eigenvalue weighted by Crippen LogP contribution is 2.40. The van der Waals surface area contributed by atoms with Gasteiger partial charge < -0.3 is 19.9 Å². The van der Waals surface area contributed by atoms with E-state index in [0.29, 0.717) is 19.4 Å². The van der Waals surface area contributed by atoms with Crippen LogP contribution >= 0.6 is 0 Å². The highest BCUT2D eigenvalue weighted by molar-refractivity contribution is 5.75. The number of aryl methyl sites for hydroxylation is 1. The second-order valence-corrected chi connectivity index (χ2v) is 8.13. The lowest BCUT2D eigenvalue weighted by Crippen LogP contribution is -2.55. The number of hydrogen-bond donors (Lipinski definition) is 2. The maximum Gasteiger partial charge on any atom is 0.219 e. The lowest BCUT2D eigenvalue weighted by molar-refractivity contribution is -0.337. The number of amides is 1. The Morgan fingerprint density at radius 2 is 2.07 bits per heavy atom. The van der Waals surface area contributed by atoms with Crippen molar-refractivity contribution in [3.05, 3.63) is 60.2 Å². The summed E-state index contributed by atoms with van der Waals surface area (Å²) in [5.41, 5.74) is 1.24. The third-order valence-corrected chi connectivity index (χ3v) is 5.78. The van der Waals surface area contributed by atoms with Crippen LogP contribution in [-0.4, -0.2) is 42.2 Å². The van der Waals surface area contributed by atoms with Gasteiger partial charge in [0.15, 0.2) is 6.29 Å². The Bertz CT molecular complexity index is 696. The zero-order valence-electron chi connectivity index (χ0n) is 17.9. The van der Waals surface area contributed by atoms with Crippen LogP contribution in [0.5, 0.6) is 0 Å². The van der Waals surface area contributed by atoms with Crippen molar-refractivity contribution < 1.29 is 19.4 Å². The summed E-state index contributed by atoms with van der Waals surface area (Å²) in [7, 11) is 0. The first-order valence-electron chi connectivity index (χ1n) is 11.3. The van der Waals surface area contributed by atoms with E-state index in [1.54, 1.807) is 0 Å². The Labute approximate surface area is 180 Å². The fraction of sp³-hybridized carbons (Fsp3) is 0.560. The first-order chi connectivity index (χ1) is 14.7. The number of hydrogen-bond acceptors (Lipinski definition) is 4. The molecule has 3 fully saturated rings. The number of aliphatic hydroxyl groups excluding tert-OH is 1. The zero-order valence-corrected chi connectivity index (χ0v) is 17.9. The Hall–Kier alpha value is -1.95. The van der Waals surface area contributed by atoms with Crippen molar-refractivity contribution >= 4 is 5.91 Å². The number of fused-ring (bicyclic) bond motifs is 2. The Balaban J connectivity index is 1.41. The van der Waals surface area contributed by atoms with Crippen molar-refractivity contribution in [2.24, 2.45) is 5.92 Å². The highest BCUT2D eigenvalue weighted by atomic mass is 16.7. The molecule has 5 nitrogen and oxygen atoms in total. The lowest BCUT2D eigenvalue weighted by atomic mass is 9.84. The summed E-state index contributed by atoms with van der Waals surface area (Å²) in [6.07, 6.45) is 13.6. The molecule has 3 aliphatic rings. The molecule has 1 amide bonds. The van der Waals surface area contributed by atoms with Crippen LogP contribution < -0.4 is 5.32 Å². The molecule has 5 atom stereocenters.